The monoisotopic (exact) mass is 231 g/mol. The zero-order valence-corrected chi connectivity index (χ0v) is 9.73. The van der Waals surface area contributed by atoms with E-state index in [1.807, 2.05) is 24.3 Å². The van der Waals surface area contributed by atoms with E-state index in [0.717, 1.165) is 12.0 Å². The van der Waals surface area contributed by atoms with Gasteiger partial charge in [0.25, 0.3) is 0 Å². The number of rotatable bonds is 3. The molecule has 0 atom stereocenters. The average molecular weight is 231 g/mol. The van der Waals surface area contributed by atoms with Gasteiger partial charge in [0.15, 0.2) is 5.69 Å². The molecule has 1 aromatic carbocycles. The van der Waals surface area contributed by atoms with Crippen molar-refractivity contribution >= 4 is 5.97 Å². The minimum absolute atomic E-state index is 0.0282. The van der Waals surface area contributed by atoms with Crippen LogP contribution in [0.4, 0.5) is 0 Å². The normalized spacial score (nSPS) is 10.5. The number of carboxylic acids is 1. The summed E-state index contributed by atoms with van der Waals surface area (Å²) in [5.74, 6) is -0.391. The zero-order valence-electron chi connectivity index (χ0n) is 9.73. The van der Waals surface area contributed by atoms with E-state index in [9.17, 15) is 4.79 Å². The number of hydrogen-bond donors (Lipinski definition) is 1. The highest BCUT2D eigenvalue weighted by Gasteiger charge is 2.16. The summed E-state index contributed by atoms with van der Waals surface area (Å²) in [6.07, 6.45) is 0.964. The molecule has 2 rings (SSSR count). The number of aromatic nitrogens is 1. The summed E-state index contributed by atoms with van der Waals surface area (Å²) in [4.78, 5) is 14.8. The predicted molar refractivity (Wildman–Crippen MR) is 63.0 cm³/mol. The first-order valence-electron chi connectivity index (χ1n) is 5.42. The highest BCUT2D eigenvalue weighted by atomic mass is 16.4. The molecule has 1 aromatic heterocycles. The second-order valence-electron chi connectivity index (χ2n) is 3.78. The lowest BCUT2D eigenvalue weighted by atomic mass is 10.1. The zero-order chi connectivity index (χ0) is 12.4. The van der Waals surface area contributed by atoms with Crippen LogP contribution in [0.2, 0.25) is 0 Å². The number of aromatic carboxylic acids is 1. The van der Waals surface area contributed by atoms with Crippen LogP contribution >= 0.6 is 0 Å². The van der Waals surface area contributed by atoms with Crippen LogP contribution in [0.15, 0.2) is 28.7 Å². The maximum Gasteiger partial charge on any atom is 0.358 e. The van der Waals surface area contributed by atoms with E-state index in [0.29, 0.717) is 11.7 Å². The molecule has 0 saturated carbocycles. The van der Waals surface area contributed by atoms with Crippen molar-refractivity contribution in [2.75, 3.05) is 0 Å². The van der Waals surface area contributed by atoms with Crippen molar-refractivity contribution < 1.29 is 14.3 Å². The average Bonchev–Trinajstić information content (AvgIpc) is 2.71. The van der Waals surface area contributed by atoms with Gasteiger partial charge in [-0.3, -0.25) is 0 Å². The van der Waals surface area contributed by atoms with E-state index in [1.165, 1.54) is 5.56 Å². The van der Waals surface area contributed by atoms with Crippen LogP contribution < -0.4 is 0 Å². The lowest BCUT2D eigenvalue weighted by Gasteiger charge is -1.97. The highest BCUT2D eigenvalue weighted by molar-refractivity contribution is 5.87. The van der Waals surface area contributed by atoms with Gasteiger partial charge < -0.3 is 9.52 Å². The quantitative estimate of drug-likeness (QED) is 0.882. The molecule has 0 unspecified atom stereocenters. The van der Waals surface area contributed by atoms with Crippen molar-refractivity contribution in [3.8, 4) is 11.5 Å². The van der Waals surface area contributed by atoms with Crippen LogP contribution in [0.5, 0.6) is 0 Å². The van der Waals surface area contributed by atoms with Crippen LogP contribution in [0.25, 0.3) is 11.5 Å². The predicted octanol–water partition coefficient (Wildman–Crippen LogP) is 2.91. The second kappa shape index (κ2) is 4.41. The number of nitrogens with zero attached hydrogens (tertiary/aromatic N) is 1. The molecule has 0 fully saturated rings. The minimum atomic E-state index is -1.07. The van der Waals surface area contributed by atoms with Gasteiger partial charge in [-0.2, -0.15) is 0 Å². The molecule has 0 aliphatic rings. The van der Waals surface area contributed by atoms with Crippen molar-refractivity contribution in [1.29, 1.82) is 0 Å². The molecule has 2 aromatic rings. The largest absolute Gasteiger partial charge is 0.476 e. The summed E-state index contributed by atoms with van der Waals surface area (Å²) in [7, 11) is 0. The third-order valence-corrected chi connectivity index (χ3v) is 2.61. The molecular formula is C13H13NO3. The van der Waals surface area contributed by atoms with Crippen LogP contribution in [0.1, 0.15) is 28.7 Å². The first-order chi connectivity index (χ1) is 8.11. The lowest BCUT2D eigenvalue weighted by molar-refractivity contribution is 0.0689. The molecule has 4 nitrogen and oxygen atoms in total. The van der Waals surface area contributed by atoms with Gasteiger partial charge in [-0.15, -0.1) is 0 Å². The Bertz CT molecular complexity index is 540. The van der Waals surface area contributed by atoms with E-state index in [4.69, 9.17) is 9.52 Å². The Kier molecular flexibility index (Phi) is 2.95. The summed E-state index contributed by atoms with van der Waals surface area (Å²) in [5.41, 5.74) is 1.98. The summed E-state index contributed by atoms with van der Waals surface area (Å²) in [6.45, 7) is 3.67. The van der Waals surface area contributed by atoms with Gasteiger partial charge in [0.05, 0.1) is 0 Å². The smallest absolute Gasteiger partial charge is 0.358 e. The van der Waals surface area contributed by atoms with Crippen molar-refractivity contribution in [2.24, 2.45) is 0 Å². The van der Waals surface area contributed by atoms with Crippen molar-refractivity contribution in [3.63, 3.8) is 0 Å². The van der Waals surface area contributed by atoms with Gasteiger partial charge >= 0.3 is 5.97 Å². The number of oxazole rings is 1. The SMILES string of the molecule is CCc1ccc(-c2nc(C(=O)O)c(C)o2)cc1. The molecule has 88 valence electrons. The number of aryl methyl sites for hydroxylation is 2. The number of carbonyl (C=O) groups is 1. The van der Waals surface area contributed by atoms with E-state index in [1.54, 1.807) is 6.92 Å². The molecule has 1 N–H and O–H groups in total. The van der Waals surface area contributed by atoms with Crippen LogP contribution in [0.3, 0.4) is 0 Å². The maximum atomic E-state index is 10.8. The highest BCUT2D eigenvalue weighted by Crippen LogP contribution is 2.22. The Balaban J connectivity index is 2.39. The Morgan fingerprint density at radius 3 is 2.47 bits per heavy atom. The molecule has 17 heavy (non-hydrogen) atoms. The van der Waals surface area contributed by atoms with Crippen LogP contribution in [-0.2, 0) is 6.42 Å². The molecule has 0 amide bonds. The minimum Gasteiger partial charge on any atom is -0.476 e. The second-order valence-corrected chi connectivity index (χ2v) is 3.78. The van der Waals surface area contributed by atoms with Crippen molar-refractivity contribution in [2.45, 2.75) is 20.3 Å². The van der Waals surface area contributed by atoms with E-state index < -0.39 is 5.97 Å². The van der Waals surface area contributed by atoms with Gasteiger partial charge in [-0.1, -0.05) is 19.1 Å². The maximum absolute atomic E-state index is 10.8. The van der Waals surface area contributed by atoms with Crippen molar-refractivity contribution in [3.05, 3.63) is 41.3 Å². The Morgan fingerprint density at radius 2 is 2.00 bits per heavy atom. The third-order valence-electron chi connectivity index (χ3n) is 2.61. The number of carboxylic acid groups (broad SMARTS) is 1. The van der Waals surface area contributed by atoms with Gasteiger partial charge in [0, 0.05) is 5.56 Å². The Labute approximate surface area is 98.9 Å². The van der Waals surface area contributed by atoms with Gasteiger partial charge in [0.2, 0.25) is 5.89 Å². The van der Waals surface area contributed by atoms with Crippen molar-refractivity contribution in [1.82, 2.24) is 4.98 Å². The fraction of sp³-hybridized carbons (Fsp3) is 0.231. The van der Waals surface area contributed by atoms with E-state index >= 15 is 0 Å². The fourth-order valence-corrected chi connectivity index (χ4v) is 1.60. The molecule has 0 radical (unpaired) electrons. The van der Waals surface area contributed by atoms with E-state index in [-0.39, 0.29) is 5.69 Å². The molecule has 4 heteroatoms. The fourth-order valence-electron chi connectivity index (χ4n) is 1.60. The molecule has 1 heterocycles. The topological polar surface area (TPSA) is 63.3 Å². The molecule has 0 spiro atoms. The van der Waals surface area contributed by atoms with Gasteiger partial charge in [-0.05, 0) is 31.0 Å². The molecule has 0 aliphatic carbocycles. The van der Waals surface area contributed by atoms with E-state index in [2.05, 4.69) is 11.9 Å². The van der Waals surface area contributed by atoms with Crippen LogP contribution in [-0.4, -0.2) is 16.1 Å². The lowest BCUT2D eigenvalue weighted by Crippen LogP contribution is -1.98. The first-order valence-corrected chi connectivity index (χ1v) is 5.42. The summed E-state index contributed by atoms with van der Waals surface area (Å²) < 4.78 is 5.34. The summed E-state index contributed by atoms with van der Waals surface area (Å²) in [5, 5.41) is 8.89. The van der Waals surface area contributed by atoms with Gasteiger partial charge in [0.1, 0.15) is 5.76 Å². The standard InChI is InChI=1S/C13H13NO3/c1-3-9-4-6-10(7-5-9)12-14-11(13(15)16)8(2)17-12/h4-7H,3H2,1-2H3,(H,15,16). The number of hydrogen-bond acceptors (Lipinski definition) is 3. The van der Waals surface area contributed by atoms with Crippen LogP contribution in [0, 0.1) is 6.92 Å². The molecular weight excluding hydrogens is 218 g/mol. The number of benzene rings is 1. The molecule has 0 bridgehead atoms. The molecule has 0 saturated heterocycles. The summed E-state index contributed by atoms with van der Waals surface area (Å²) in [6, 6.07) is 7.73. The molecule has 0 aliphatic heterocycles. The first kappa shape index (κ1) is 11.4. The van der Waals surface area contributed by atoms with Gasteiger partial charge in [-0.25, -0.2) is 9.78 Å². The summed E-state index contributed by atoms with van der Waals surface area (Å²) >= 11 is 0. The Hall–Kier alpha value is -2.10. The third kappa shape index (κ3) is 2.20. The Morgan fingerprint density at radius 1 is 1.35 bits per heavy atom.